The fraction of sp³-hybridized carbons (Fsp3) is 0.385. The normalized spacial score (nSPS) is 19.9. The second-order valence-electron chi connectivity index (χ2n) is 4.41. The summed E-state index contributed by atoms with van der Waals surface area (Å²) in [5.41, 5.74) is 1.07. The number of carbonyl (C=O) groups is 1. The van der Waals surface area contributed by atoms with Crippen LogP contribution in [0.3, 0.4) is 0 Å². The number of carbonyl (C=O) groups excluding carboxylic acids is 1. The topological polar surface area (TPSA) is 56.1 Å². The highest BCUT2D eigenvalue weighted by atomic mass is 16.1. The zero-order valence-corrected chi connectivity index (χ0v) is 9.81. The molecule has 1 N–H and O–H groups in total. The number of nitriles is 1. The molecule has 1 heterocycles. The largest absolute Gasteiger partial charge is 0.348 e. The molecule has 1 unspecified atom stereocenters. The van der Waals surface area contributed by atoms with Crippen molar-refractivity contribution in [3.63, 3.8) is 0 Å². The Bertz CT molecular complexity index is 464. The number of likely N-dealkylation sites (tertiary alicyclic amines) is 1. The number of nitrogens with zero attached hydrogens (tertiary/aromatic N) is 2. The summed E-state index contributed by atoms with van der Waals surface area (Å²) in [6.45, 7) is 1.91. The third-order valence-electron chi connectivity index (χ3n) is 2.98. The van der Waals surface area contributed by atoms with Crippen LogP contribution in [0.1, 0.15) is 22.3 Å². The molecule has 0 spiro atoms. The lowest BCUT2D eigenvalue weighted by atomic mass is 10.1. The van der Waals surface area contributed by atoms with Crippen LogP contribution in [0, 0.1) is 11.3 Å². The first-order chi connectivity index (χ1) is 8.19. The van der Waals surface area contributed by atoms with E-state index >= 15 is 0 Å². The van der Waals surface area contributed by atoms with Gasteiger partial charge in [0.2, 0.25) is 0 Å². The molecule has 2 rings (SSSR count). The zero-order valence-electron chi connectivity index (χ0n) is 9.81. The van der Waals surface area contributed by atoms with Gasteiger partial charge in [0.15, 0.2) is 0 Å². The first-order valence-corrected chi connectivity index (χ1v) is 5.68. The molecule has 1 aromatic carbocycles. The minimum absolute atomic E-state index is 0.0950. The first-order valence-electron chi connectivity index (χ1n) is 5.68. The van der Waals surface area contributed by atoms with Gasteiger partial charge in [-0.15, -0.1) is 0 Å². The van der Waals surface area contributed by atoms with E-state index in [1.807, 2.05) is 13.1 Å². The summed E-state index contributed by atoms with van der Waals surface area (Å²) in [5.74, 6) is -0.0950. The Hall–Kier alpha value is -1.86. The van der Waals surface area contributed by atoms with Gasteiger partial charge < -0.3 is 10.2 Å². The van der Waals surface area contributed by atoms with Gasteiger partial charge in [0.05, 0.1) is 11.6 Å². The Labute approximate surface area is 101 Å². The minimum atomic E-state index is -0.0950. The molecule has 17 heavy (non-hydrogen) atoms. The van der Waals surface area contributed by atoms with E-state index in [0.29, 0.717) is 11.1 Å². The highest BCUT2D eigenvalue weighted by Crippen LogP contribution is 2.09. The molecule has 4 nitrogen and oxygen atoms in total. The third-order valence-corrected chi connectivity index (χ3v) is 2.98. The summed E-state index contributed by atoms with van der Waals surface area (Å²) in [6.07, 6.45) is 0.986. The quantitative estimate of drug-likeness (QED) is 0.823. The number of rotatable bonds is 2. The molecule has 1 aliphatic rings. The molecule has 0 radical (unpaired) electrons. The molecular formula is C13H15N3O. The van der Waals surface area contributed by atoms with E-state index in [1.54, 1.807) is 24.3 Å². The molecule has 1 saturated heterocycles. The van der Waals surface area contributed by atoms with Crippen LogP contribution in [0.2, 0.25) is 0 Å². The summed E-state index contributed by atoms with van der Waals surface area (Å²) in [4.78, 5) is 14.1. The van der Waals surface area contributed by atoms with Crippen LogP contribution in [0.25, 0.3) is 0 Å². The van der Waals surface area contributed by atoms with Crippen LogP contribution in [-0.4, -0.2) is 37.0 Å². The van der Waals surface area contributed by atoms with Crippen molar-refractivity contribution >= 4 is 5.91 Å². The van der Waals surface area contributed by atoms with Crippen molar-refractivity contribution < 1.29 is 4.79 Å². The summed E-state index contributed by atoms with van der Waals surface area (Å²) in [6, 6.07) is 9.03. The predicted molar refractivity (Wildman–Crippen MR) is 64.5 cm³/mol. The van der Waals surface area contributed by atoms with E-state index in [0.717, 1.165) is 19.5 Å². The molecule has 1 fully saturated rings. The molecule has 1 amide bonds. The monoisotopic (exact) mass is 229 g/mol. The Morgan fingerprint density at radius 3 is 3.06 bits per heavy atom. The fourth-order valence-corrected chi connectivity index (χ4v) is 2.05. The van der Waals surface area contributed by atoms with Gasteiger partial charge >= 0.3 is 0 Å². The van der Waals surface area contributed by atoms with E-state index in [4.69, 9.17) is 5.26 Å². The SMILES string of the molecule is CN1CCC(NC(=O)c2cccc(C#N)c2)C1. The average molecular weight is 229 g/mol. The van der Waals surface area contributed by atoms with Gasteiger partial charge in [-0.05, 0) is 38.2 Å². The Morgan fingerprint density at radius 1 is 1.59 bits per heavy atom. The van der Waals surface area contributed by atoms with E-state index < -0.39 is 0 Å². The molecule has 1 aliphatic heterocycles. The first kappa shape index (κ1) is 11.6. The van der Waals surface area contributed by atoms with Gasteiger partial charge in [-0.25, -0.2) is 0 Å². The van der Waals surface area contributed by atoms with Gasteiger partial charge in [-0.1, -0.05) is 6.07 Å². The minimum Gasteiger partial charge on any atom is -0.348 e. The lowest BCUT2D eigenvalue weighted by Crippen LogP contribution is -2.36. The maximum atomic E-state index is 11.9. The van der Waals surface area contributed by atoms with Crippen molar-refractivity contribution in [1.29, 1.82) is 5.26 Å². The second kappa shape index (κ2) is 4.98. The molecule has 4 heteroatoms. The van der Waals surface area contributed by atoms with Crippen molar-refractivity contribution in [3.8, 4) is 6.07 Å². The molecule has 1 aromatic rings. The van der Waals surface area contributed by atoms with E-state index in [-0.39, 0.29) is 11.9 Å². The van der Waals surface area contributed by atoms with Crippen molar-refractivity contribution in [3.05, 3.63) is 35.4 Å². The van der Waals surface area contributed by atoms with Crippen LogP contribution >= 0.6 is 0 Å². The van der Waals surface area contributed by atoms with Gasteiger partial charge in [-0.2, -0.15) is 5.26 Å². The van der Waals surface area contributed by atoms with Gasteiger partial charge in [0.1, 0.15) is 0 Å². The van der Waals surface area contributed by atoms with Crippen molar-refractivity contribution in [2.45, 2.75) is 12.5 Å². The highest BCUT2D eigenvalue weighted by Gasteiger charge is 2.21. The number of likely N-dealkylation sites (N-methyl/N-ethyl adjacent to an activating group) is 1. The van der Waals surface area contributed by atoms with E-state index in [2.05, 4.69) is 10.2 Å². The number of hydrogen-bond acceptors (Lipinski definition) is 3. The lowest BCUT2D eigenvalue weighted by molar-refractivity contribution is 0.0938. The molecule has 0 aromatic heterocycles. The van der Waals surface area contributed by atoms with Crippen molar-refractivity contribution in [1.82, 2.24) is 10.2 Å². The lowest BCUT2D eigenvalue weighted by Gasteiger charge is -2.12. The highest BCUT2D eigenvalue weighted by molar-refractivity contribution is 5.94. The molecular weight excluding hydrogens is 214 g/mol. The van der Waals surface area contributed by atoms with Crippen molar-refractivity contribution in [2.75, 3.05) is 20.1 Å². The smallest absolute Gasteiger partial charge is 0.251 e. The molecule has 0 aliphatic carbocycles. The number of amides is 1. The summed E-state index contributed by atoms with van der Waals surface area (Å²) in [7, 11) is 2.04. The molecule has 0 saturated carbocycles. The summed E-state index contributed by atoms with van der Waals surface area (Å²) in [5, 5.41) is 11.8. The Kier molecular flexibility index (Phi) is 3.40. The van der Waals surface area contributed by atoms with Gasteiger partial charge in [0.25, 0.3) is 5.91 Å². The second-order valence-corrected chi connectivity index (χ2v) is 4.41. The van der Waals surface area contributed by atoms with Crippen LogP contribution in [0.4, 0.5) is 0 Å². The summed E-state index contributed by atoms with van der Waals surface area (Å²) < 4.78 is 0. The molecule has 0 bridgehead atoms. The molecule has 1 atom stereocenters. The zero-order chi connectivity index (χ0) is 12.3. The number of hydrogen-bond donors (Lipinski definition) is 1. The number of benzene rings is 1. The van der Waals surface area contributed by atoms with Crippen LogP contribution in [0.15, 0.2) is 24.3 Å². The van der Waals surface area contributed by atoms with Gasteiger partial charge in [0, 0.05) is 18.2 Å². The number of nitrogens with one attached hydrogen (secondary N) is 1. The summed E-state index contributed by atoms with van der Waals surface area (Å²) >= 11 is 0. The Morgan fingerprint density at radius 2 is 2.41 bits per heavy atom. The van der Waals surface area contributed by atoms with E-state index in [1.165, 1.54) is 0 Å². The van der Waals surface area contributed by atoms with E-state index in [9.17, 15) is 4.79 Å². The van der Waals surface area contributed by atoms with Crippen LogP contribution < -0.4 is 5.32 Å². The van der Waals surface area contributed by atoms with Crippen molar-refractivity contribution in [2.24, 2.45) is 0 Å². The standard InChI is InChI=1S/C13H15N3O/c1-16-6-5-12(9-16)15-13(17)11-4-2-3-10(7-11)8-14/h2-4,7,12H,5-6,9H2,1H3,(H,15,17). The third kappa shape index (κ3) is 2.83. The average Bonchev–Trinajstić information content (AvgIpc) is 2.75. The fourth-order valence-electron chi connectivity index (χ4n) is 2.05. The molecule has 88 valence electrons. The van der Waals surface area contributed by atoms with Crippen LogP contribution in [-0.2, 0) is 0 Å². The maximum Gasteiger partial charge on any atom is 0.251 e. The maximum absolute atomic E-state index is 11.9. The Balaban J connectivity index is 2.02. The predicted octanol–water partition coefficient (Wildman–Crippen LogP) is 0.992. The van der Waals surface area contributed by atoms with Gasteiger partial charge in [-0.3, -0.25) is 4.79 Å². The van der Waals surface area contributed by atoms with Crippen LogP contribution in [0.5, 0.6) is 0 Å².